The van der Waals surface area contributed by atoms with Crippen LogP contribution < -0.4 is 4.74 Å². The van der Waals surface area contributed by atoms with Crippen LogP contribution in [0.25, 0.3) is 10.4 Å². The van der Waals surface area contributed by atoms with Gasteiger partial charge in [-0.2, -0.15) is 0 Å². The van der Waals surface area contributed by atoms with Crippen LogP contribution in [0.4, 0.5) is 0 Å². The Labute approximate surface area is 84.3 Å². The van der Waals surface area contributed by atoms with Crippen molar-refractivity contribution >= 4 is 15.9 Å². The van der Waals surface area contributed by atoms with Gasteiger partial charge in [-0.1, -0.05) is 27.1 Å². The highest BCUT2D eigenvalue weighted by Gasteiger charge is 2.04. The van der Waals surface area contributed by atoms with Gasteiger partial charge in [-0.3, -0.25) is 0 Å². The fourth-order valence-electron chi connectivity index (χ4n) is 0.986. The first-order valence-corrected chi connectivity index (χ1v) is 4.41. The summed E-state index contributed by atoms with van der Waals surface area (Å²) in [6, 6.07) is 5.57. The Balaban J connectivity index is 3.06. The maximum atomic E-state index is 8.18. The van der Waals surface area contributed by atoms with Crippen molar-refractivity contribution in [1.82, 2.24) is 0 Å². The summed E-state index contributed by atoms with van der Waals surface area (Å²) >= 11 is 3.35. The van der Waals surface area contributed by atoms with Gasteiger partial charge >= 0.3 is 0 Å². The van der Waals surface area contributed by atoms with Crippen LogP contribution in [0.5, 0.6) is 5.75 Å². The van der Waals surface area contributed by atoms with Crippen molar-refractivity contribution in [3.63, 3.8) is 0 Å². The topological polar surface area (TPSA) is 58.0 Å². The van der Waals surface area contributed by atoms with Gasteiger partial charge in [-0.25, -0.2) is 0 Å². The number of rotatable bonds is 3. The lowest BCUT2D eigenvalue weighted by Gasteiger charge is -2.07. The van der Waals surface area contributed by atoms with Crippen LogP contribution in [0.15, 0.2) is 27.8 Å². The molecule has 0 aromatic heterocycles. The Hall–Kier alpha value is -1.19. The second-order valence-electron chi connectivity index (χ2n) is 2.31. The average Bonchev–Trinajstić information content (AvgIpc) is 2.15. The van der Waals surface area contributed by atoms with Crippen LogP contribution in [0.3, 0.4) is 0 Å². The summed E-state index contributed by atoms with van der Waals surface area (Å²) in [6.07, 6.45) is 0. The number of hydrogen-bond acceptors (Lipinski definition) is 2. The predicted octanol–water partition coefficient (Wildman–Crippen LogP) is 3.27. The highest BCUT2D eigenvalue weighted by Crippen LogP contribution is 2.27. The van der Waals surface area contributed by atoms with E-state index in [2.05, 4.69) is 26.0 Å². The molecule has 0 amide bonds. The van der Waals surface area contributed by atoms with E-state index >= 15 is 0 Å². The largest absolute Gasteiger partial charge is 0.496 e. The van der Waals surface area contributed by atoms with Crippen molar-refractivity contribution in [2.24, 2.45) is 5.11 Å². The molecule has 0 heterocycles. The zero-order valence-electron chi connectivity index (χ0n) is 7.07. The minimum Gasteiger partial charge on any atom is -0.496 e. The molecular weight excluding hydrogens is 234 g/mol. The number of azide groups is 1. The van der Waals surface area contributed by atoms with E-state index in [0.29, 0.717) is 6.54 Å². The Bertz CT molecular complexity index is 347. The molecule has 0 N–H and O–H groups in total. The van der Waals surface area contributed by atoms with E-state index in [0.717, 1.165) is 15.8 Å². The standard InChI is InChI=1S/C8H8BrN3O/c1-13-8-4-2-3-7(9)6(8)5-11-12-10/h2-4H,5H2,1H3. The first kappa shape index (κ1) is 9.89. The molecule has 1 rings (SSSR count). The van der Waals surface area contributed by atoms with Crippen LogP contribution in [0, 0.1) is 0 Å². The predicted molar refractivity (Wildman–Crippen MR) is 53.5 cm³/mol. The van der Waals surface area contributed by atoms with Crippen molar-refractivity contribution < 1.29 is 4.74 Å². The van der Waals surface area contributed by atoms with E-state index in [1.807, 2.05) is 18.2 Å². The van der Waals surface area contributed by atoms with E-state index in [9.17, 15) is 0 Å². The second kappa shape index (κ2) is 4.74. The van der Waals surface area contributed by atoms with Crippen LogP contribution in [0.1, 0.15) is 5.56 Å². The summed E-state index contributed by atoms with van der Waals surface area (Å²) in [6.45, 7) is 0.293. The fraction of sp³-hybridized carbons (Fsp3) is 0.250. The van der Waals surface area contributed by atoms with Crippen molar-refractivity contribution in [3.05, 3.63) is 38.7 Å². The van der Waals surface area contributed by atoms with Gasteiger partial charge in [-0.15, -0.1) is 0 Å². The Morgan fingerprint density at radius 1 is 1.62 bits per heavy atom. The smallest absolute Gasteiger partial charge is 0.123 e. The van der Waals surface area contributed by atoms with Gasteiger partial charge in [0, 0.05) is 14.9 Å². The molecule has 1 aromatic carbocycles. The lowest BCUT2D eigenvalue weighted by Crippen LogP contribution is -1.91. The average molecular weight is 242 g/mol. The summed E-state index contributed by atoms with van der Waals surface area (Å²) in [5.41, 5.74) is 9.05. The molecule has 0 saturated carbocycles. The van der Waals surface area contributed by atoms with Crippen LogP contribution >= 0.6 is 15.9 Å². The summed E-state index contributed by atoms with van der Waals surface area (Å²) in [7, 11) is 1.58. The van der Waals surface area contributed by atoms with Gasteiger partial charge < -0.3 is 4.74 Å². The molecule has 4 nitrogen and oxygen atoms in total. The quantitative estimate of drug-likeness (QED) is 0.455. The number of ether oxygens (including phenoxy) is 1. The first-order chi connectivity index (χ1) is 6.29. The maximum Gasteiger partial charge on any atom is 0.123 e. The molecule has 0 fully saturated rings. The summed E-state index contributed by atoms with van der Waals surface area (Å²) in [5.74, 6) is 0.724. The Kier molecular flexibility index (Phi) is 3.61. The van der Waals surface area contributed by atoms with Gasteiger partial charge in [-0.05, 0) is 17.7 Å². The normalized spacial score (nSPS) is 9.08. The van der Waals surface area contributed by atoms with Gasteiger partial charge in [0.1, 0.15) is 5.75 Å². The SMILES string of the molecule is COc1cccc(Br)c1CN=[N+]=[N-]. The van der Waals surface area contributed by atoms with E-state index in [4.69, 9.17) is 10.3 Å². The van der Waals surface area contributed by atoms with E-state index < -0.39 is 0 Å². The first-order valence-electron chi connectivity index (χ1n) is 3.62. The highest BCUT2D eigenvalue weighted by molar-refractivity contribution is 9.10. The minimum absolute atomic E-state index is 0.293. The van der Waals surface area contributed by atoms with Gasteiger partial charge in [0.25, 0.3) is 0 Å². The maximum absolute atomic E-state index is 8.18. The van der Waals surface area contributed by atoms with Crippen molar-refractivity contribution in [2.75, 3.05) is 7.11 Å². The van der Waals surface area contributed by atoms with E-state index in [1.165, 1.54) is 0 Å². The van der Waals surface area contributed by atoms with E-state index in [1.54, 1.807) is 7.11 Å². The fourth-order valence-corrected chi connectivity index (χ4v) is 1.46. The molecule has 0 saturated heterocycles. The molecule has 0 spiro atoms. The van der Waals surface area contributed by atoms with E-state index in [-0.39, 0.29) is 0 Å². The zero-order valence-corrected chi connectivity index (χ0v) is 8.65. The Morgan fingerprint density at radius 3 is 3.00 bits per heavy atom. The second-order valence-corrected chi connectivity index (χ2v) is 3.16. The molecule has 68 valence electrons. The lowest BCUT2D eigenvalue weighted by molar-refractivity contribution is 0.409. The minimum atomic E-state index is 0.293. The molecule has 0 aliphatic carbocycles. The molecular formula is C8H8BrN3O. The molecule has 0 bridgehead atoms. The highest BCUT2D eigenvalue weighted by atomic mass is 79.9. The Morgan fingerprint density at radius 2 is 2.38 bits per heavy atom. The van der Waals surface area contributed by atoms with Crippen molar-refractivity contribution in [2.45, 2.75) is 6.54 Å². The summed E-state index contributed by atoms with van der Waals surface area (Å²) < 4.78 is 6.00. The number of benzene rings is 1. The molecule has 13 heavy (non-hydrogen) atoms. The molecule has 0 radical (unpaired) electrons. The molecule has 0 unspecified atom stereocenters. The summed E-state index contributed by atoms with van der Waals surface area (Å²) in [4.78, 5) is 2.70. The van der Waals surface area contributed by atoms with Crippen LogP contribution in [-0.2, 0) is 6.54 Å². The molecule has 1 aromatic rings. The number of methoxy groups -OCH3 is 1. The third-order valence-electron chi connectivity index (χ3n) is 1.59. The van der Waals surface area contributed by atoms with Gasteiger partial charge in [0.15, 0.2) is 0 Å². The van der Waals surface area contributed by atoms with Crippen LogP contribution in [0.2, 0.25) is 0 Å². The van der Waals surface area contributed by atoms with Crippen LogP contribution in [-0.4, -0.2) is 7.11 Å². The zero-order chi connectivity index (χ0) is 9.68. The molecule has 0 atom stereocenters. The molecule has 5 heteroatoms. The monoisotopic (exact) mass is 241 g/mol. The van der Waals surface area contributed by atoms with Gasteiger partial charge in [0.2, 0.25) is 0 Å². The van der Waals surface area contributed by atoms with Crippen molar-refractivity contribution in [3.8, 4) is 5.75 Å². The summed E-state index contributed by atoms with van der Waals surface area (Å²) in [5, 5.41) is 3.48. The molecule has 0 aliphatic heterocycles. The molecule has 0 aliphatic rings. The van der Waals surface area contributed by atoms with Gasteiger partial charge in [0.05, 0.1) is 13.7 Å². The third-order valence-corrected chi connectivity index (χ3v) is 2.33. The number of halogens is 1. The number of hydrogen-bond donors (Lipinski definition) is 0. The van der Waals surface area contributed by atoms with Crippen molar-refractivity contribution in [1.29, 1.82) is 0 Å². The lowest BCUT2D eigenvalue weighted by atomic mass is 10.2. The number of nitrogens with zero attached hydrogens (tertiary/aromatic N) is 3. The third kappa shape index (κ3) is 2.37.